The highest BCUT2D eigenvalue weighted by atomic mass is 32.1. The van der Waals surface area contributed by atoms with Gasteiger partial charge in [0.15, 0.2) is 0 Å². The monoisotopic (exact) mass is 490 g/mol. The molecule has 1 aliphatic rings. The van der Waals surface area contributed by atoms with E-state index in [0.717, 1.165) is 27.6 Å². The van der Waals surface area contributed by atoms with Crippen LogP contribution in [-0.2, 0) is 20.9 Å². The molecule has 1 aliphatic heterocycles. The minimum atomic E-state index is -1.07. The number of carbonyl (C=O) groups excluding carboxylic acids is 3. The van der Waals surface area contributed by atoms with Gasteiger partial charge < -0.3 is 10.1 Å². The number of urea groups is 1. The van der Waals surface area contributed by atoms with Crippen molar-refractivity contribution in [3.05, 3.63) is 89.7 Å². The average Bonchev–Trinajstić information content (AvgIpc) is 3.59. The third-order valence-corrected chi connectivity index (χ3v) is 6.31. The van der Waals surface area contributed by atoms with Crippen LogP contribution in [0.3, 0.4) is 0 Å². The van der Waals surface area contributed by atoms with Crippen molar-refractivity contribution >= 4 is 34.9 Å². The topological polar surface area (TPSA) is 93.5 Å². The van der Waals surface area contributed by atoms with Crippen LogP contribution in [0, 0.1) is 5.82 Å². The van der Waals surface area contributed by atoms with E-state index in [1.807, 2.05) is 47.8 Å². The number of thiophene rings is 1. The van der Waals surface area contributed by atoms with Crippen LogP contribution in [0.25, 0.3) is 16.3 Å². The number of hydrogen-bond acceptors (Lipinski definition) is 6. The quantitative estimate of drug-likeness (QED) is 0.308. The molecule has 0 unspecified atom stereocenters. The molecule has 4 aromatic rings. The summed E-state index contributed by atoms with van der Waals surface area (Å²) in [5.74, 6) is -1.73. The molecule has 1 atom stereocenters. The predicted molar refractivity (Wildman–Crippen MR) is 127 cm³/mol. The highest BCUT2D eigenvalue weighted by Gasteiger charge is 2.40. The number of ether oxygens (including phenoxy) is 1. The maximum Gasteiger partial charge on any atom is 0.329 e. The van der Waals surface area contributed by atoms with Crippen LogP contribution in [0.1, 0.15) is 12.0 Å². The first-order valence-corrected chi connectivity index (χ1v) is 11.6. The van der Waals surface area contributed by atoms with Gasteiger partial charge in [0.05, 0.1) is 22.7 Å². The summed E-state index contributed by atoms with van der Waals surface area (Å²) in [5, 5.41) is 9.09. The first-order chi connectivity index (χ1) is 17.0. The number of halogens is 1. The molecule has 1 N–H and O–H groups in total. The van der Waals surface area contributed by atoms with E-state index < -0.39 is 29.8 Å². The normalized spacial score (nSPS) is 15.3. The largest absolute Gasteiger partial charge is 0.461 e. The van der Waals surface area contributed by atoms with Crippen LogP contribution in [0.4, 0.5) is 14.9 Å². The van der Waals surface area contributed by atoms with Crippen molar-refractivity contribution in [2.24, 2.45) is 0 Å². The Morgan fingerprint density at radius 3 is 2.51 bits per heavy atom. The number of amides is 3. The van der Waals surface area contributed by atoms with E-state index in [4.69, 9.17) is 4.74 Å². The molecule has 10 heteroatoms. The Bertz CT molecular complexity index is 1370. The summed E-state index contributed by atoms with van der Waals surface area (Å²) in [4.78, 5) is 39.4. The number of imide groups is 1. The smallest absolute Gasteiger partial charge is 0.329 e. The molecule has 1 saturated heterocycles. The molecule has 0 saturated carbocycles. The van der Waals surface area contributed by atoms with Gasteiger partial charge in [0, 0.05) is 11.8 Å². The predicted octanol–water partition coefficient (Wildman–Crippen LogP) is 4.30. The molecule has 3 amide bonds. The van der Waals surface area contributed by atoms with Gasteiger partial charge in [-0.25, -0.2) is 18.8 Å². The van der Waals surface area contributed by atoms with Gasteiger partial charge in [0.2, 0.25) is 0 Å². The van der Waals surface area contributed by atoms with Crippen molar-refractivity contribution in [1.82, 2.24) is 15.1 Å². The van der Waals surface area contributed by atoms with Gasteiger partial charge in [-0.1, -0.05) is 24.3 Å². The summed E-state index contributed by atoms with van der Waals surface area (Å²) in [7, 11) is 0. The fraction of sp³-hybridized carbons (Fsp3) is 0.120. The van der Waals surface area contributed by atoms with Gasteiger partial charge in [0.1, 0.15) is 24.2 Å². The molecular formula is C25H19FN4O4S. The van der Waals surface area contributed by atoms with Crippen LogP contribution in [0.15, 0.2) is 78.3 Å². The van der Waals surface area contributed by atoms with Gasteiger partial charge in [-0.3, -0.25) is 9.59 Å². The van der Waals surface area contributed by atoms with Gasteiger partial charge >= 0.3 is 12.0 Å². The number of nitrogens with zero attached hydrogens (tertiary/aromatic N) is 3. The number of esters is 1. The fourth-order valence-electron chi connectivity index (χ4n) is 3.74. The van der Waals surface area contributed by atoms with Crippen LogP contribution < -0.4 is 10.2 Å². The number of carbonyl (C=O) groups is 3. The molecule has 2 aromatic heterocycles. The van der Waals surface area contributed by atoms with Crippen LogP contribution in [0.2, 0.25) is 0 Å². The summed E-state index contributed by atoms with van der Waals surface area (Å²) < 4.78 is 20.4. The molecule has 0 bridgehead atoms. The number of benzene rings is 2. The van der Waals surface area contributed by atoms with E-state index >= 15 is 0 Å². The van der Waals surface area contributed by atoms with Crippen molar-refractivity contribution in [2.75, 3.05) is 4.90 Å². The summed E-state index contributed by atoms with van der Waals surface area (Å²) in [6.45, 7) is -0.0462. The molecule has 0 radical (unpaired) electrons. The van der Waals surface area contributed by atoms with E-state index in [1.165, 1.54) is 23.5 Å². The van der Waals surface area contributed by atoms with Gasteiger partial charge in [-0.2, -0.15) is 5.10 Å². The number of hydrogen-bond donors (Lipinski definition) is 1. The molecule has 176 valence electrons. The standard InChI is InChI=1S/C25H19FN4O4S/c26-17-8-10-19(11-9-17)30-24(32)20(27-25(30)33)13-22(31)34-15-16-14-29(18-5-2-1-3-6-18)28-23(16)21-7-4-12-35-21/h1-12,14,20H,13,15H2,(H,27,33)/t20-/m0/s1. The minimum absolute atomic E-state index is 0.0462. The molecule has 0 spiro atoms. The Kier molecular flexibility index (Phi) is 6.11. The maximum atomic E-state index is 13.2. The molecular weight excluding hydrogens is 471 g/mol. The lowest BCUT2D eigenvalue weighted by molar-refractivity contribution is -0.146. The van der Waals surface area contributed by atoms with E-state index in [0.29, 0.717) is 11.3 Å². The van der Waals surface area contributed by atoms with Crippen LogP contribution >= 0.6 is 11.3 Å². The lowest BCUT2D eigenvalue weighted by Gasteiger charge is -2.12. The number of anilines is 1. The van der Waals surface area contributed by atoms with Gasteiger partial charge in [-0.05, 0) is 47.8 Å². The van der Waals surface area contributed by atoms with E-state index in [-0.39, 0.29) is 18.7 Å². The van der Waals surface area contributed by atoms with Crippen molar-refractivity contribution in [3.8, 4) is 16.3 Å². The lowest BCUT2D eigenvalue weighted by Crippen LogP contribution is -2.33. The molecule has 0 aliphatic carbocycles. The second-order valence-corrected chi connectivity index (χ2v) is 8.73. The second-order valence-electron chi connectivity index (χ2n) is 7.78. The van der Waals surface area contributed by atoms with E-state index in [1.54, 1.807) is 10.9 Å². The third-order valence-electron chi connectivity index (χ3n) is 5.43. The summed E-state index contributed by atoms with van der Waals surface area (Å²) in [5.41, 5.74) is 2.49. The number of rotatable bonds is 7. The molecule has 5 rings (SSSR count). The van der Waals surface area contributed by atoms with Crippen molar-refractivity contribution in [1.29, 1.82) is 0 Å². The minimum Gasteiger partial charge on any atom is -0.461 e. The van der Waals surface area contributed by atoms with Crippen molar-refractivity contribution in [2.45, 2.75) is 19.1 Å². The second kappa shape index (κ2) is 9.51. The average molecular weight is 491 g/mol. The summed E-state index contributed by atoms with van der Waals surface area (Å²) >= 11 is 1.52. The molecule has 3 heterocycles. The number of aromatic nitrogens is 2. The highest BCUT2D eigenvalue weighted by molar-refractivity contribution is 7.13. The molecule has 8 nitrogen and oxygen atoms in total. The first-order valence-electron chi connectivity index (χ1n) is 10.7. The lowest BCUT2D eigenvalue weighted by atomic mass is 10.2. The van der Waals surface area contributed by atoms with Gasteiger partial charge in [-0.15, -0.1) is 11.3 Å². The zero-order valence-corrected chi connectivity index (χ0v) is 19.1. The third kappa shape index (κ3) is 4.69. The highest BCUT2D eigenvalue weighted by Crippen LogP contribution is 2.28. The maximum absolute atomic E-state index is 13.2. The SMILES string of the molecule is O=C(C[C@@H]1NC(=O)N(c2ccc(F)cc2)C1=O)OCc1cn(-c2ccccc2)nc1-c1cccs1. The van der Waals surface area contributed by atoms with E-state index in [9.17, 15) is 18.8 Å². The van der Waals surface area contributed by atoms with Gasteiger partial charge in [0.25, 0.3) is 5.91 Å². The van der Waals surface area contributed by atoms with Crippen molar-refractivity contribution in [3.63, 3.8) is 0 Å². The van der Waals surface area contributed by atoms with Crippen molar-refractivity contribution < 1.29 is 23.5 Å². The summed E-state index contributed by atoms with van der Waals surface area (Å²) in [6, 6.07) is 16.6. The molecule has 1 fully saturated rings. The number of para-hydroxylation sites is 1. The summed E-state index contributed by atoms with van der Waals surface area (Å²) in [6.07, 6.45) is 1.47. The Hall–Kier alpha value is -4.31. The number of nitrogens with one attached hydrogen (secondary N) is 1. The first kappa shape index (κ1) is 22.5. The van der Waals surface area contributed by atoms with E-state index in [2.05, 4.69) is 10.4 Å². The molecule has 35 heavy (non-hydrogen) atoms. The fourth-order valence-corrected chi connectivity index (χ4v) is 4.48. The zero-order chi connectivity index (χ0) is 24.4. The Labute approximate surface area is 203 Å². The Morgan fingerprint density at radius 1 is 1.03 bits per heavy atom. The Balaban J connectivity index is 1.27. The van der Waals surface area contributed by atoms with Crippen LogP contribution in [0.5, 0.6) is 0 Å². The molecule has 2 aromatic carbocycles. The van der Waals surface area contributed by atoms with Crippen LogP contribution in [-0.4, -0.2) is 33.7 Å². The zero-order valence-electron chi connectivity index (χ0n) is 18.3. The Morgan fingerprint density at radius 2 is 1.80 bits per heavy atom.